The molecule has 1 saturated carbocycles. The van der Waals surface area contributed by atoms with Crippen LogP contribution in [0.15, 0.2) is 54.6 Å². The second kappa shape index (κ2) is 8.69. The van der Waals surface area contributed by atoms with Crippen LogP contribution in [0.2, 0.25) is 0 Å². The van der Waals surface area contributed by atoms with Crippen LogP contribution in [0.25, 0.3) is 0 Å². The summed E-state index contributed by atoms with van der Waals surface area (Å²) in [5.41, 5.74) is 1.54. The Morgan fingerprint density at radius 3 is 2.36 bits per heavy atom. The van der Waals surface area contributed by atoms with Gasteiger partial charge in [0, 0.05) is 12.2 Å². The Balaban J connectivity index is 1.66. The van der Waals surface area contributed by atoms with E-state index in [0.29, 0.717) is 24.2 Å². The monoisotopic (exact) mass is 380 g/mol. The van der Waals surface area contributed by atoms with Crippen molar-refractivity contribution in [3.63, 3.8) is 0 Å². The summed E-state index contributed by atoms with van der Waals surface area (Å²) in [6.07, 6.45) is 0.509. The summed E-state index contributed by atoms with van der Waals surface area (Å²) in [6, 6.07) is 16.2. The summed E-state index contributed by atoms with van der Waals surface area (Å²) in [5, 5.41) is 2.78. The van der Waals surface area contributed by atoms with Gasteiger partial charge in [0.1, 0.15) is 0 Å². The molecule has 0 bridgehead atoms. The van der Waals surface area contributed by atoms with Crippen LogP contribution in [-0.4, -0.2) is 30.9 Å². The van der Waals surface area contributed by atoms with Gasteiger partial charge in [0.2, 0.25) is 11.8 Å². The third-order valence-electron chi connectivity index (χ3n) is 4.77. The van der Waals surface area contributed by atoms with Gasteiger partial charge in [0.05, 0.1) is 29.7 Å². The maximum atomic E-state index is 12.8. The van der Waals surface area contributed by atoms with Gasteiger partial charge in [-0.2, -0.15) is 0 Å². The molecule has 146 valence electrons. The van der Waals surface area contributed by atoms with Gasteiger partial charge in [0.15, 0.2) is 0 Å². The van der Waals surface area contributed by atoms with Gasteiger partial charge in [-0.3, -0.25) is 9.59 Å². The SMILES string of the molecule is CCOC(=O)c1ccccc1NC(=O)C1CC1C(=O)N(CC)c1ccccc1. The molecule has 3 rings (SSSR count). The fourth-order valence-electron chi connectivity index (χ4n) is 3.24. The summed E-state index contributed by atoms with van der Waals surface area (Å²) in [5.74, 6) is -1.51. The summed E-state index contributed by atoms with van der Waals surface area (Å²) in [4.78, 5) is 39.2. The normalized spacial score (nSPS) is 17.5. The zero-order valence-electron chi connectivity index (χ0n) is 16.1. The molecule has 1 N–H and O–H groups in total. The quantitative estimate of drug-likeness (QED) is 0.746. The molecule has 2 amide bonds. The van der Waals surface area contributed by atoms with E-state index in [2.05, 4.69) is 5.32 Å². The van der Waals surface area contributed by atoms with Crippen molar-refractivity contribution >= 4 is 29.2 Å². The highest BCUT2D eigenvalue weighted by molar-refractivity contribution is 6.06. The molecular formula is C22H24N2O4. The van der Waals surface area contributed by atoms with E-state index in [4.69, 9.17) is 4.74 Å². The Labute approximate surface area is 164 Å². The first-order valence-electron chi connectivity index (χ1n) is 9.50. The summed E-state index contributed by atoms with van der Waals surface area (Å²) in [6.45, 7) is 4.44. The number of carbonyl (C=O) groups is 3. The molecule has 0 spiro atoms. The molecule has 6 heteroatoms. The average molecular weight is 380 g/mol. The Morgan fingerprint density at radius 2 is 1.68 bits per heavy atom. The van der Waals surface area contributed by atoms with E-state index >= 15 is 0 Å². The highest BCUT2D eigenvalue weighted by atomic mass is 16.5. The number of amides is 2. The van der Waals surface area contributed by atoms with Crippen molar-refractivity contribution in [2.75, 3.05) is 23.4 Å². The topological polar surface area (TPSA) is 75.7 Å². The van der Waals surface area contributed by atoms with Gasteiger partial charge in [-0.05, 0) is 44.5 Å². The number of para-hydroxylation sites is 2. The molecule has 2 aromatic carbocycles. The van der Waals surface area contributed by atoms with Crippen molar-refractivity contribution in [2.45, 2.75) is 20.3 Å². The lowest BCUT2D eigenvalue weighted by atomic mass is 10.1. The predicted molar refractivity (Wildman–Crippen MR) is 107 cm³/mol. The minimum Gasteiger partial charge on any atom is -0.462 e. The second-order valence-electron chi connectivity index (χ2n) is 6.62. The number of nitrogens with zero attached hydrogens (tertiary/aromatic N) is 1. The predicted octanol–water partition coefficient (Wildman–Crippen LogP) is 3.49. The highest BCUT2D eigenvalue weighted by Crippen LogP contribution is 2.41. The summed E-state index contributed by atoms with van der Waals surface area (Å²) in [7, 11) is 0. The van der Waals surface area contributed by atoms with Gasteiger partial charge in [-0.15, -0.1) is 0 Å². The number of ether oxygens (including phenoxy) is 1. The fourth-order valence-corrected chi connectivity index (χ4v) is 3.24. The van der Waals surface area contributed by atoms with E-state index in [1.165, 1.54) is 0 Å². The lowest BCUT2D eigenvalue weighted by Crippen LogP contribution is -2.33. The number of nitrogens with one attached hydrogen (secondary N) is 1. The van der Waals surface area contributed by atoms with Crippen LogP contribution in [0.5, 0.6) is 0 Å². The largest absolute Gasteiger partial charge is 0.462 e. The number of carbonyl (C=O) groups excluding carboxylic acids is 3. The van der Waals surface area contributed by atoms with Gasteiger partial charge in [-0.25, -0.2) is 4.79 Å². The van der Waals surface area contributed by atoms with Gasteiger partial charge < -0.3 is 15.0 Å². The van der Waals surface area contributed by atoms with E-state index < -0.39 is 5.97 Å². The molecular weight excluding hydrogens is 356 g/mol. The van der Waals surface area contributed by atoms with Crippen molar-refractivity contribution in [2.24, 2.45) is 11.8 Å². The van der Waals surface area contributed by atoms with E-state index in [-0.39, 0.29) is 30.3 Å². The Morgan fingerprint density at radius 1 is 1.00 bits per heavy atom. The molecule has 0 radical (unpaired) electrons. The number of benzene rings is 2. The zero-order chi connectivity index (χ0) is 20.1. The number of anilines is 2. The van der Waals surface area contributed by atoms with Crippen molar-refractivity contribution in [3.8, 4) is 0 Å². The molecule has 1 aliphatic rings. The van der Waals surface area contributed by atoms with Crippen LogP contribution in [0, 0.1) is 11.8 Å². The number of hydrogen-bond donors (Lipinski definition) is 1. The van der Waals surface area contributed by atoms with Crippen LogP contribution < -0.4 is 10.2 Å². The lowest BCUT2D eigenvalue weighted by molar-refractivity contribution is -0.123. The zero-order valence-corrected chi connectivity index (χ0v) is 16.1. The molecule has 0 heterocycles. The molecule has 0 aliphatic heterocycles. The second-order valence-corrected chi connectivity index (χ2v) is 6.62. The molecule has 0 aromatic heterocycles. The van der Waals surface area contributed by atoms with Crippen LogP contribution in [0.4, 0.5) is 11.4 Å². The number of esters is 1. The third-order valence-corrected chi connectivity index (χ3v) is 4.77. The number of hydrogen-bond acceptors (Lipinski definition) is 4. The first-order valence-corrected chi connectivity index (χ1v) is 9.50. The molecule has 2 aromatic rings. The van der Waals surface area contributed by atoms with Crippen LogP contribution in [0.1, 0.15) is 30.6 Å². The minimum atomic E-state index is -0.483. The molecule has 28 heavy (non-hydrogen) atoms. The molecule has 2 unspecified atom stereocenters. The van der Waals surface area contributed by atoms with Gasteiger partial charge in [0.25, 0.3) is 0 Å². The minimum absolute atomic E-state index is 0.0486. The third kappa shape index (κ3) is 4.22. The van der Waals surface area contributed by atoms with Crippen LogP contribution in [0.3, 0.4) is 0 Å². The molecule has 1 aliphatic carbocycles. The highest BCUT2D eigenvalue weighted by Gasteiger charge is 2.49. The van der Waals surface area contributed by atoms with Crippen molar-refractivity contribution < 1.29 is 19.1 Å². The van der Waals surface area contributed by atoms with Crippen molar-refractivity contribution in [1.82, 2.24) is 0 Å². The van der Waals surface area contributed by atoms with E-state index in [1.807, 2.05) is 37.3 Å². The maximum absolute atomic E-state index is 12.8. The maximum Gasteiger partial charge on any atom is 0.340 e. The van der Waals surface area contributed by atoms with Gasteiger partial charge >= 0.3 is 5.97 Å². The molecule has 6 nitrogen and oxygen atoms in total. The van der Waals surface area contributed by atoms with E-state index in [9.17, 15) is 14.4 Å². The fraction of sp³-hybridized carbons (Fsp3) is 0.318. The van der Waals surface area contributed by atoms with Crippen molar-refractivity contribution in [1.29, 1.82) is 0 Å². The molecule has 2 atom stereocenters. The lowest BCUT2D eigenvalue weighted by Gasteiger charge is -2.21. The molecule has 0 saturated heterocycles. The van der Waals surface area contributed by atoms with E-state index in [1.54, 1.807) is 36.1 Å². The van der Waals surface area contributed by atoms with Crippen LogP contribution >= 0.6 is 0 Å². The van der Waals surface area contributed by atoms with E-state index in [0.717, 1.165) is 5.69 Å². The summed E-state index contributed by atoms with van der Waals surface area (Å²) < 4.78 is 5.03. The van der Waals surface area contributed by atoms with Crippen LogP contribution in [-0.2, 0) is 14.3 Å². The van der Waals surface area contributed by atoms with Gasteiger partial charge in [-0.1, -0.05) is 30.3 Å². The average Bonchev–Trinajstić information content (AvgIpc) is 3.51. The Kier molecular flexibility index (Phi) is 6.09. The molecule has 1 fully saturated rings. The smallest absolute Gasteiger partial charge is 0.340 e. The summed E-state index contributed by atoms with van der Waals surface area (Å²) >= 11 is 0. The standard InChI is InChI=1S/C22H24N2O4/c1-3-24(15-10-6-5-7-11-15)21(26)18-14-17(18)20(25)23-19-13-9-8-12-16(19)22(27)28-4-2/h5-13,17-18H,3-4,14H2,1-2H3,(H,23,25). The Bertz CT molecular complexity index is 866. The Hall–Kier alpha value is -3.15. The van der Waals surface area contributed by atoms with Crippen molar-refractivity contribution in [3.05, 3.63) is 60.2 Å². The number of rotatable bonds is 7. The first kappa shape index (κ1) is 19.6. The first-order chi connectivity index (χ1) is 13.6.